The standard InChI is InChI=1S/C19H20ClNO7S/c1-25-17-12-13(11-16(20)19(17)26-2)3-8-18(22)28-10-9-27-14-4-6-15(7-5-14)29(21,23)24/h3-8,11-12H,9-10H2,1-2H3,(H2,21,23,24)/b8-3+. The molecule has 8 nitrogen and oxygen atoms in total. The smallest absolute Gasteiger partial charge is 0.330 e. The number of sulfonamides is 1. The van der Waals surface area contributed by atoms with Gasteiger partial charge in [0.25, 0.3) is 0 Å². The van der Waals surface area contributed by atoms with Crippen molar-refractivity contribution in [1.29, 1.82) is 0 Å². The Morgan fingerprint density at radius 3 is 2.38 bits per heavy atom. The fourth-order valence-electron chi connectivity index (χ4n) is 2.27. The summed E-state index contributed by atoms with van der Waals surface area (Å²) < 4.78 is 43.1. The van der Waals surface area contributed by atoms with Gasteiger partial charge in [0.1, 0.15) is 19.0 Å². The van der Waals surface area contributed by atoms with Gasteiger partial charge in [0.15, 0.2) is 11.5 Å². The minimum absolute atomic E-state index is 0.00675. The third kappa shape index (κ3) is 6.67. The molecule has 2 aromatic rings. The number of hydrogen-bond acceptors (Lipinski definition) is 7. The monoisotopic (exact) mass is 441 g/mol. The van der Waals surface area contributed by atoms with Crippen LogP contribution in [0.4, 0.5) is 0 Å². The highest BCUT2D eigenvalue weighted by molar-refractivity contribution is 7.89. The quantitative estimate of drug-likeness (QED) is 0.361. The van der Waals surface area contributed by atoms with Gasteiger partial charge < -0.3 is 18.9 Å². The number of rotatable bonds is 9. The van der Waals surface area contributed by atoms with E-state index in [0.29, 0.717) is 27.8 Å². The summed E-state index contributed by atoms with van der Waals surface area (Å²) in [5.41, 5.74) is 0.635. The zero-order valence-corrected chi connectivity index (χ0v) is 17.3. The lowest BCUT2D eigenvalue weighted by Gasteiger charge is -2.10. The number of methoxy groups -OCH3 is 2. The molecule has 2 aromatic carbocycles. The summed E-state index contributed by atoms with van der Waals surface area (Å²) in [6.45, 7) is 0.100. The highest BCUT2D eigenvalue weighted by Gasteiger charge is 2.10. The molecule has 0 aromatic heterocycles. The number of carbonyl (C=O) groups is 1. The maximum Gasteiger partial charge on any atom is 0.330 e. The molecule has 0 radical (unpaired) electrons. The van der Waals surface area contributed by atoms with Crippen LogP contribution < -0.4 is 19.3 Å². The Bertz CT molecular complexity index is 988. The molecule has 0 aliphatic rings. The van der Waals surface area contributed by atoms with Gasteiger partial charge in [-0.25, -0.2) is 18.4 Å². The van der Waals surface area contributed by atoms with E-state index in [2.05, 4.69) is 0 Å². The number of esters is 1. The molecule has 0 amide bonds. The summed E-state index contributed by atoms with van der Waals surface area (Å²) in [7, 11) is -0.788. The summed E-state index contributed by atoms with van der Waals surface area (Å²) in [5.74, 6) is 0.700. The molecule has 0 aliphatic heterocycles. The Morgan fingerprint density at radius 1 is 1.10 bits per heavy atom. The molecule has 0 fully saturated rings. The molecule has 10 heteroatoms. The van der Waals surface area contributed by atoms with Crippen molar-refractivity contribution < 1.29 is 32.2 Å². The molecule has 0 saturated heterocycles. The van der Waals surface area contributed by atoms with Crippen molar-refractivity contribution in [2.45, 2.75) is 4.90 Å². The lowest BCUT2D eigenvalue weighted by molar-refractivity contribution is -0.138. The van der Waals surface area contributed by atoms with Crippen LogP contribution >= 0.6 is 11.6 Å². The Balaban J connectivity index is 1.83. The van der Waals surface area contributed by atoms with Gasteiger partial charge in [-0.2, -0.15) is 0 Å². The van der Waals surface area contributed by atoms with Crippen LogP contribution in [0.15, 0.2) is 47.4 Å². The van der Waals surface area contributed by atoms with Crippen LogP contribution in [0.2, 0.25) is 5.02 Å². The number of primary sulfonamides is 1. The van der Waals surface area contributed by atoms with Crippen LogP contribution in [0, 0.1) is 0 Å². The summed E-state index contributed by atoms with van der Waals surface area (Å²) in [4.78, 5) is 11.8. The number of carbonyl (C=O) groups excluding carboxylic acids is 1. The fraction of sp³-hybridized carbons (Fsp3) is 0.211. The Kier molecular flexibility index (Phi) is 7.89. The van der Waals surface area contributed by atoms with E-state index in [-0.39, 0.29) is 18.1 Å². The van der Waals surface area contributed by atoms with Crippen LogP contribution in [-0.2, 0) is 19.6 Å². The molecule has 0 unspecified atom stereocenters. The minimum atomic E-state index is -3.75. The Morgan fingerprint density at radius 2 is 1.79 bits per heavy atom. The zero-order valence-electron chi connectivity index (χ0n) is 15.8. The van der Waals surface area contributed by atoms with Gasteiger partial charge in [-0.15, -0.1) is 0 Å². The van der Waals surface area contributed by atoms with Crippen molar-refractivity contribution in [3.05, 3.63) is 53.1 Å². The van der Waals surface area contributed by atoms with Crippen molar-refractivity contribution in [2.75, 3.05) is 27.4 Å². The average Bonchev–Trinajstić information content (AvgIpc) is 2.68. The molecule has 0 heterocycles. The fourth-order valence-corrected chi connectivity index (χ4v) is 3.09. The molecule has 0 atom stereocenters. The van der Waals surface area contributed by atoms with Crippen molar-refractivity contribution >= 4 is 33.7 Å². The molecule has 0 aliphatic carbocycles. The normalized spacial score (nSPS) is 11.3. The van der Waals surface area contributed by atoms with Crippen LogP contribution in [0.5, 0.6) is 17.2 Å². The largest absolute Gasteiger partial charge is 0.493 e. The highest BCUT2D eigenvalue weighted by Crippen LogP contribution is 2.36. The van der Waals surface area contributed by atoms with Crippen molar-refractivity contribution in [3.63, 3.8) is 0 Å². The molecular weight excluding hydrogens is 422 g/mol. The van der Waals surface area contributed by atoms with E-state index < -0.39 is 16.0 Å². The second kappa shape index (κ2) is 10.1. The van der Waals surface area contributed by atoms with Gasteiger partial charge in [0.2, 0.25) is 10.0 Å². The number of ether oxygens (including phenoxy) is 4. The maximum atomic E-state index is 11.8. The molecular formula is C19H20ClNO7S. The van der Waals surface area contributed by atoms with Gasteiger partial charge in [-0.1, -0.05) is 11.6 Å². The van der Waals surface area contributed by atoms with Gasteiger partial charge in [0, 0.05) is 6.08 Å². The number of benzene rings is 2. The van der Waals surface area contributed by atoms with Crippen LogP contribution in [-0.4, -0.2) is 41.8 Å². The highest BCUT2D eigenvalue weighted by atomic mass is 35.5. The number of nitrogens with two attached hydrogens (primary N) is 1. The van der Waals surface area contributed by atoms with Crippen molar-refractivity contribution in [2.24, 2.45) is 5.14 Å². The second-order valence-corrected chi connectivity index (χ2v) is 7.57. The van der Waals surface area contributed by atoms with E-state index in [1.807, 2.05) is 0 Å². The predicted octanol–water partition coefficient (Wildman–Crippen LogP) is 2.64. The SMILES string of the molecule is COc1cc(/C=C/C(=O)OCCOc2ccc(S(N)(=O)=O)cc2)cc(Cl)c1OC. The lowest BCUT2D eigenvalue weighted by Crippen LogP contribution is -2.12. The zero-order chi connectivity index (χ0) is 21.4. The average molecular weight is 442 g/mol. The summed E-state index contributed by atoms with van der Waals surface area (Å²) >= 11 is 6.11. The van der Waals surface area contributed by atoms with Crippen molar-refractivity contribution in [1.82, 2.24) is 0 Å². The number of halogens is 1. The first-order valence-electron chi connectivity index (χ1n) is 8.26. The van der Waals surface area contributed by atoms with E-state index in [4.69, 9.17) is 35.7 Å². The predicted molar refractivity (Wildman–Crippen MR) is 108 cm³/mol. The van der Waals surface area contributed by atoms with Crippen molar-refractivity contribution in [3.8, 4) is 17.2 Å². The van der Waals surface area contributed by atoms with Gasteiger partial charge in [-0.3, -0.25) is 0 Å². The van der Waals surface area contributed by atoms with Gasteiger partial charge in [-0.05, 0) is 48.0 Å². The second-order valence-electron chi connectivity index (χ2n) is 5.60. The van der Waals surface area contributed by atoms with E-state index in [1.165, 1.54) is 50.6 Å². The Labute approximate surface area is 173 Å². The minimum Gasteiger partial charge on any atom is -0.493 e. The topological polar surface area (TPSA) is 114 Å². The van der Waals surface area contributed by atoms with Crippen LogP contribution in [0.3, 0.4) is 0 Å². The van der Waals surface area contributed by atoms with E-state index in [0.717, 1.165) is 0 Å². The maximum absolute atomic E-state index is 11.8. The van der Waals surface area contributed by atoms with Gasteiger partial charge in [0.05, 0.1) is 24.1 Å². The summed E-state index contributed by atoms with van der Waals surface area (Å²) in [6.07, 6.45) is 2.78. The first kappa shape index (κ1) is 22.5. The third-order valence-corrected chi connectivity index (χ3v) is 4.83. The summed E-state index contributed by atoms with van der Waals surface area (Å²) in [5, 5.41) is 5.37. The lowest BCUT2D eigenvalue weighted by atomic mass is 10.2. The first-order valence-corrected chi connectivity index (χ1v) is 10.2. The molecule has 0 saturated carbocycles. The number of hydrogen-bond donors (Lipinski definition) is 1. The molecule has 156 valence electrons. The van der Waals surface area contributed by atoms with E-state index in [9.17, 15) is 13.2 Å². The van der Waals surface area contributed by atoms with Crippen LogP contribution in [0.1, 0.15) is 5.56 Å². The third-order valence-electron chi connectivity index (χ3n) is 3.62. The van der Waals surface area contributed by atoms with Crippen LogP contribution in [0.25, 0.3) is 6.08 Å². The molecule has 29 heavy (non-hydrogen) atoms. The van der Waals surface area contributed by atoms with Gasteiger partial charge >= 0.3 is 5.97 Å². The molecule has 2 rings (SSSR count). The first-order chi connectivity index (χ1) is 13.7. The molecule has 2 N–H and O–H groups in total. The Hall–Kier alpha value is -2.75. The summed E-state index contributed by atoms with van der Waals surface area (Å²) in [6, 6.07) is 8.87. The molecule has 0 spiro atoms. The van der Waals surface area contributed by atoms with E-state index in [1.54, 1.807) is 12.1 Å². The molecule has 0 bridgehead atoms. The van der Waals surface area contributed by atoms with E-state index >= 15 is 0 Å².